The fourth-order valence-electron chi connectivity index (χ4n) is 1.17. The van der Waals surface area contributed by atoms with E-state index in [0.717, 1.165) is 0 Å². The van der Waals surface area contributed by atoms with Crippen molar-refractivity contribution in [3.8, 4) is 0 Å². The van der Waals surface area contributed by atoms with E-state index >= 15 is 0 Å². The number of nitrogens with one attached hydrogen (secondary N) is 1. The van der Waals surface area contributed by atoms with Crippen LogP contribution in [0.3, 0.4) is 0 Å². The molecule has 15 heavy (non-hydrogen) atoms. The number of hydrogen-bond acceptors (Lipinski definition) is 4. The van der Waals surface area contributed by atoms with Gasteiger partial charge in [0.15, 0.2) is 5.84 Å². The van der Waals surface area contributed by atoms with Crippen molar-refractivity contribution < 1.29 is 9.94 Å². The van der Waals surface area contributed by atoms with Gasteiger partial charge in [0.05, 0.1) is 12.6 Å². The molecule has 0 rings (SSSR count). The van der Waals surface area contributed by atoms with Crippen molar-refractivity contribution in [3.05, 3.63) is 0 Å². The summed E-state index contributed by atoms with van der Waals surface area (Å²) in [5, 5.41) is 14.8. The fraction of sp³-hybridized carbons (Fsp3) is 0.900. The van der Waals surface area contributed by atoms with Crippen LogP contribution in [0.2, 0.25) is 0 Å². The van der Waals surface area contributed by atoms with Gasteiger partial charge in [-0.3, -0.25) is 0 Å². The Hall–Kier alpha value is -0.810. The summed E-state index contributed by atoms with van der Waals surface area (Å²) in [5.41, 5.74) is 5.49. The van der Waals surface area contributed by atoms with Crippen LogP contribution in [0.5, 0.6) is 0 Å². The molecule has 5 nitrogen and oxygen atoms in total. The zero-order valence-corrected chi connectivity index (χ0v) is 10.0. The first-order chi connectivity index (χ1) is 7.02. The highest BCUT2D eigenvalue weighted by atomic mass is 16.5. The molecule has 4 N–H and O–H groups in total. The van der Waals surface area contributed by atoms with E-state index in [2.05, 4.69) is 24.3 Å². The van der Waals surface area contributed by atoms with Crippen molar-refractivity contribution in [3.63, 3.8) is 0 Å². The molecule has 2 atom stereocenters. The molecule has 2 unspecified atom stereocenters. The van der Waals surface area contributed by atoms with E-state index in [1.807, 2.05) is 13.8 Å². The van der Waals surface area contributed by atoms with Gasteiger partial charge in [0.1, 0.15) is 0 Å². The Morgan fingerprint density at radius 2 is 2.07 bits per heavy atom. The van der Waals surface area contributed by atoms with E-state index in [4.69, 9.17) is 15.7 Å². The van der Waals surface area contributed by atoms with Crippen molar-refractivity contribution in [1.82, 2.24) is 5.32 Å². The van der Waals surface area contributed by atoms with E-state index in [9.17, 15) is 0 Å². The fourth-order valence-corrected chi connectivity index (χ4v) is 1.17. The van der Waals surface area contributed by atoms with Gasteiger partial charge in [-0.1, -0.05) is 19.0 Å². The number of amidine groups is 1. The van der Waals surface area contributed by atoms with Crippen LogP contribution in [0.1, 0.15) is 27.7 Å². The monoisotopic (exact) mass is 217 g/mol. The average Bonchev–Trinajstić information content (AvgIpc) is 2.22. The SMILES string of the molecule is CCOCC(NC(C)C(N)=NO)C(C)C. The van der Waals surface area contributed by atoms with Gasteiger partial charge in [0, 0.05) is 12.6 Å². The summed E-state index contributed by atoms with van der Waals surface area (Å²) in [6.07, 6.45) is 0. The number of rotatable bonds is 7. The molecule has 0 aliphatic rings. The van der Waals surface area contributed by atoms with Crippen molar-refractivity contribution in [2.24, 2.45) is 16.8 Å². The van der Waals surface area contributed by atoms with Crippen LogP contribution >= 0.6 is 0 Å². The Kier molecular flexibility index (Phi) is 7.07. The second-order valence-electron chi connectivity index (χ2n) is 3.92. The zero-order chi connectivity index (χ0) is 11.8. The molecule has 0 heterocycles. The highest BCUT2D eigenvalue weighted by Crippen LogP contribution is 2.03. The first-order valence-corrected chi connectivity index (χ1v) is 5.34. The van der Waals surface area contributed by atoms with Gasteiger partial charge in [-0.15, -0.1) is 0 Å². The van der Waals surface area contributed by atoms with Crippen LogP contribution < -0.4 is 11.1 Å². The average molecular weight is 217 g/mol. The third kappa shape index (κ3) is 5.59. The summed E-state index contributed by atoms with van der Waals surface area (Å²) in [6, 6.07) is 0.0584. The lowest BCUT2D eigenvalue weighted by atomic mass is 10.0. The van der Waals surface area contributed by atoms with Gasteiger partial charge in [-0.25, -0.2) is 0 Å². The predicted octanol–water partition coefficient (Wildman–Crippen LogP) is 0.772. The molecule has 0 saturated heterocycles. The first kappa shape index (κ1) is 14.2. The Labute approximate surface area is 91.7 Å². The Bertz CT molecular complexity index is 195. The van der Waals surface area contributed by atoms with Crippen LogP contribution in [0.15, 0.2) is 5.16 Å². The number of nitrogens with two attached hydrogens (primary N) is 1. The number of oxime groups is 1. The highest BCUT2D eigenvalue weighted by molar-refractivity contribution is 5.84. The van der Waals surface area contributed by atoms with Crippen LogP contribution in [-0.2, 0) is 4.74 Å². The Morgan fingerprint density at radius 1 is 1.47 bits per heavy atom. The number of hydrogen-bond donors (Lipinski definition) is 3. The molecule has 0 aromatic carbocycles. The van der Waals surface area contributed by atoms with Gasteiger partial charge >= 0.3 is 0 Å². The smallest absolute Gasteiger partial charge is 0.156 e. The second-order valence-corrected chi connectivity index (χ2v) is 3.92. The van der Waals surface area contributed by atoms with Crippen molar-refractivity contribution in [2.45, 2.75) is 39.8 Å². The summed E-state index contributed by atoms with van der Waals surface area (Å²) in [5.74, 6) is 0.627. The molecule has 0 saturated carbocycles. The summed E-state index contributed by atoms with van der Waals surface area (Å²) in [6.45, 7) is 9.37. The Morgan fingerprint density at radius 3 is 2.47 bits per heavy atom. The summed E-state index contributed by atoms with van der Waals surface area (Å²) in [4.78, 5) is 0. The van der Waals surface area contributed by atoms with E-state index in [-0.39, 0.29) is 17.9 Å². The molecule has 0 fully saturated rings. The molecule has 0 spiro atoms. The van der Waals surface area contributed by atoms with Gasteiger partial charge in [-0.2, -0.15) is 0 Å². The lowest BCUT2D eigenvalue weighted by Gasteiger charge is -2.25. The van der Waals surface area contributed by atoms with Gasteiger partial charge in [0.25, 0.3) is 0 Å². The molecule has 0 amide bonds. The minimum Gasteiger partial charge on any atom is -0.409 e. The minimum absolute atomic E-state index is 0.150. The third-order valence-electron chi connectivity index (χ3n) is 2.33. The maximum absolute atomic E-state index is 8.52. The zero-order valence-electron chi connectivity index (χ0n) is 10.0. The summed E-state index contributed by atoms with van der Waals surface area (Å²) in [7, 11) is 0. The number of ether oxygens (including phenoxy) is 1. The van der Waals surface area contributed by atoms with Gasteiger partial charge < -0.3 is 21.0 Å². The van der Waals surface area contributed by atoms with Gasteiger partial charge in [0.2, 0.25) is 0 Å². The largest absolute Gasteiger partial charge is 0.409 e. The molecule has 0 aliphatic heterocycles. The summed E-state index contributed by atoms with van der Waals surface area (Å²) >= 11 is 0. The maximum atomic E-state index is 8.52. The van der Waals surface area contributed by atoms with Crippen molar-refractivity contribution in [2.75, 3.05) is 13.2 Å². The molecule has 5 heteroatoms. The van der Waals surface area contributed by atoms with E-state index in [1.54, 1.807) is 0 Å². The maximum Gasteiger partial charge on any atom is 0.156 e. The normalized spacial score (nSPS) is 16.7. The van der Waals surface area contributed by atoms with Crippen molar-refractivity contribution in [1.29, 1.82) is 0 Å². The molecule has 0 aliphatic carbocycles. The molecular formula is C10H23N3O2. The standard InChI is InChI=1S/C10H23N3O2/c1-5-15-6-9(7(2)3)12-8(4)10(11)13-14/h7-9,12,14H,5-6H2,1-4H3,(H2,11,13). The molecule has 0 aromatic rings. The van der Waals surface area contributed by atoms with Crippen LogP contribution in [-0.4, -0.2) is 36.3 Å². The van der Waals surface area contributed by atoms with Crippen LogP contribution in [0, 0.1) is 5.92 Å². The topological polar surface area (TPSA) is 79.9 Å². The van der Waals surface area contributed by atoms with Crippen molar-refractivity contribution >= 4 is 5.84 Å². The lowest BCUT2D eigenvalue weighted by molar-refractivity contribution is 0.107. The molecule has 90 valence electrons. The quantitative estimate of drug-likeness (QED) is 0.255. The molecule has 0 aromatic heterocycles. The number of nitrogens with zero attached hydrogens (tertiary/aromatic N) is 1. The summed E-state index contributed by atoms with van der Waals surface area (Å²) < 4.78 is 5.37. The Balaban J connectivity index is 4.15. The van der Waals surface area contributed by atoms with Gasteiger partial charge in [-0.05, 0) is 19.8 Å². The molecular weight excluding hydrogens is 194 g/mol. The van der Waals surface area contributed by atoms with Crippen LogP contribution in [0.25, 0.3) is 0 Å². The first-order valence-electron chi connectivity index (χ1n) is 5.34. The lowest BCUT2D eigenvalue weighted by Crippen LogP contribution is -2.48. The molecule has 0 bridgehead atoms. The van der Waals surface area contributed by atoms with E-state index in [1.165, 1.54) is 0 Å². The minimum atomic E-state index is -0.150. The van der Waals surface area contributed by atoms with Crippen LogP contribution in [0.4, 0.5) is 0 Å². The highest BCUT2D eigenvalue weighted by Gasteiger charge is 2.17. The third-order valence-corrected chi connectivity index (χ3v) is 2.33. The van der Waals surface area contributed by atoms with E-state index < -0.39 is 0 Å². The predicted molar refractivity (Wildman–Crippen MR) is 61.1 cm³/mol. The molecule has 0 radical (unpaired) electrons. The van der Waals surface area contributed by atoms with E-state index in [0.29, 0.717) is 19.1 Å². The second kappa shape index (κ2) is 7.48.